The lowest BCUT2D eigenvalue weighted by Crippen LogP contribution is -1.94. The van der Waals surface area contributed by atoms with Gasteiger partial charge in [0.15, 0.2) is 5.03 Å². The first kappa shape index (κ1) is 11.5. The fourth-order valence-electron chi connectivity index (χ4n) is 1.13. The number of nitrogens with zero attached hydrogens (tertiary/aromatic N) is 2. The largest absolute Gasteiger partial charge is 0.336 e. The zero-order valence-corrected chi connectivity index (χ0v) is 9.55. The molecule has 14 heavy (non-hydrogen) atoms. The summed E-state index contributed by atoms with van der Waals surface area (Å²) in [5, 5.41) is -0.0735. The van der Waals surface area contributed by atoms with Crippen LogP contribution in [0, 0.1) is 0 Å². The molecule has 0 spiro atoms. The van der Waals surface area contributed by atoms with E-state index in [1.165, 1.54) is 12.5 Å². The second-order valence-corrected chi connectivity index (χ2v) is 5.61. The van der Waals surface area contributed by atoms with Crippen molar-refractivity contribution in [2.24, 2.45) is 0 Å². The molecule has 0 aromatic carbocycles. The number of rotatable bonds is 5. The fourth-order valence-corrected chi connectivity index (χ4v) is 1.81. The average molecular weight is 237 g/mol. The summed E-state index contributed by atoms with van der Waals surface area (Å²) in [5.74, 6) is 0. The number of aryl methyl sites for hydroxylation is 1. The van der Waals surface area contributed by atoms with Gasteiger partial charge in [-0.15, -0.1) is 0 Å². The van der Waals surface area contributed by atoms with Crippen molar-refractivity contribution in [1.29, 1.82) is 0 Å². The minimum absolute atomic E-state index is 0.0735. The number of aromatic nitrogens is 2. The number of imidazole rings is 1. The van der Waals surface area contributed by atoms with Crippen molar-refractivity contribution in [3.8, 4) is 0 Å². The van der Waals surface area contributed by atoms with Crippen molar-refractivity contribution in [2.45, 2.75) is 37.8 Å². The predicted octanol–water partition coefficient (Wildman–Crippen LogP) is 2.00. The molecular formula is C8H13ClN2O2S. The van der Waals surface area contributed by atoms with Crippen LogP contribution in [-0.4, -0.2) is 18.0 Å². The molecule has 0 radical (unpaired) electrons. The highest BCUT2D eigenvalue weighted by molar-refractivity contribution is 8.13. The van der Waals surface area contributed by atoms with Crippen LogP contribution in [0.1, 0.15) is 26.2 Å². The van der Waals surface area contributed by atoms with E-state index in [1.54, 1.807) is 4.57 Å². The van der Waals surface area contributed by atoms with Crippen LogP contribution in [0.15, 0.2) is 17.6 Å². The summed E-state index contributed by atoms with van der Waals surface area (Å²) < 4.78 is 23.5. The second kappa shape index (κ2) is 4.79. The van der Waals surface area contributed by atoms with Gasteiger partial charge in [0.2, 0.25) is 0 Å². The first-order chi connectivity index (χ1) is 6.54. The quantitative estimate of drug-likeness (QED) is 0.581. The lowest BCUT2D eigenvalue weighted by atomic mass is 10.2. The lowest BCUT2D eigenvalue weighted by Gasteiger charge is -1.98. The van der Waals surface area contributed by atoms with Crippen LogP contribution in [0.5, 0.6) is 0 Å². The van der Waals surface area contributed by atoms with E-state index >= 15 is 0 Å². The van der Waals surface area contributed by atoms with Gasteiger partial charge in [0.25, 0.3) is 9.05 Å². The maximum Gasteiger partial charge on any atom is 0.280 e. The maximum absolute atomic E-state index is 10.9. The fraction of sp³-hybridized carbons (Fsp3) is 0.625. The number of halogens is 1. The average Bonchev–Trinajstić information content (AvgIpc) is 2.52. The van der Waals surface area contributed by atoms with Crippen LogP contribution in [-0.2, 0) is 15.6 Å². The summed E-state index contributed by atoms with van der Waals surface area (Å²) in [6.45, 7) is 2.90. The summed E-state index contributed by atoms with van der Waals surface area (Å²) in [6, 6.07) is 0. The Morgan fingerprint density at radius 2 is 2.21 bits per heavy atom. The van der Waals surface area contributed by atoms with Crippen LogP contribution in [0.2, 0.25) is 0 Å². The van der Waals surface area contributed by atoms with Crippen molar-refractivity contribution >= 4 is 19.7 Å². The molecule has 6 heteroatoms. The van der Waals surface area contributed by atoms with Crippen molar-refractivity contribution in [3.05, 3.63) is 12.5 Å². The van der Waals surface area contributed by atoms with Crippen molar-refractivity contribution in [3.63, 3.8) is 0 Å². The van der Waals surface area contributed by atoms with E-state index in [4.69, 9.17) is 10.7 Å². The third-order valence-corrected chi connectivity index (χ3v) is 3.06. The topological polar surface area (TPSA) is 52.0 Å². The Balaban J connectivity index is 2.60. The Kier molecular flexibility index (Phi) is 3.95. The molecule has 1 rings (SSSR count). The molecule has 1 heterocycles. The molecule has 1 aromatic rings. The zero-order valence-electron chi connectivity index (χ0n) is 7.98. The zero-order chi connectivity index (χ0) is 10.6. The molecule has 4 nitrogen and oxygen atoms in total. The van der Waals surface area contributed by atoms with Crippen LogP contribution in [0.4, 0.5) is 0 Å². The molecule has 1 aromatic heterocycles. The molecule has 0 fully saturated rings. The minimum Gasteiger partial charge on any atom is -0.336 e. The van der Waals surface area contributed by atoms with Gasteiger partial charge in [-0.3, -0.25) is 0 Å². The maximum atomic E-state index is 10.9. The highest BCUT2D eigenvalue weighted by atomic mass is 35.7. The van der Waals surface area contributed by atoms with E-state index in [1.807, 2.05) is 0 Å². The van der Waals surface area contributed by atoms with E-state index in [-0.39, 0.29) is 5.03 Å². The van der Waals surface area contributed by atoms with Gasteiger partial charge in [0, 0.05) is 23.4 Å². The highest BCUT2D eigenvalue weighted by Crippen LogP contribution is 2.11. The van der Waals surface area contributed by atoms with Gasteiger partial charge in [-0.2, -0.15) is 0 Å². The van der Waals surface area contributed by atoms with Gasteiger partial charge >= 0.3 is 0 Å². The summed E-state index contributed by atoms with van der Waals surface area (Å²) in [4.78, 5) is 3.71. The summed E-state index contributed by atoms with van der Waals surface area (Å²) >= 11 is 0. The van der Waals surface area contributed by atoms with Gasteiger partial charge < -0.3 is 4.57 Å². The molecular weight excluding hydrogens is 224 g/mol. The van der Waals surface area contributed by atoms with Gasteiger partial charge in [-0.25, -0.2) is 13.4 Å². The summed E-state index contributed by atoms with van der Waals surface area (Å²) in [7, 11) is 1.46. The molecule has 0 aliphatic carbocycles. The van der Waals surface area contributed by atoms with Gasteiger partial charge in [-0.05, 0) is 6.42 Å². The molecule has 0 saturated carbocycles. The predicted molar refractivity (Wildman–Crippen MR) is 54.8 cm³/mol. The summed E-state index contributed by atoms with van der Waals surface area (Å²) in [6.07, 6.45) is 6.23. The SMILES string of the molecule is CCCCCn1cnc(S(=O)(=O)Cl)c1. The van der Waals surface area contributed by atoms with Gasteiger partial charge in [-0.1, -0.05) is 19.8 Å². The van der Waals surface area contributed by atoms with E-state index in [0.717, 1.165) is 25.8 Å². The van der Waals surface area contributed by atoms with E-state index in [0.29, 0.717) is 0 Å². The van der Waals surface area contributed by atoms with Gasteiger partial charge in [0.1, 0.15) is 0 Å². The highest BCUT2D eigenvalue weighted by Gasteiger charge is 2.12. The Morgan fingerprint density at radius 3 is 2.71 bits per heavy atom. The smallest absolute Gasteiger partial charge is 0.280 e. The summed E-state index contributed by atoms with van der Waals surface area (Å²) in [5.41, 5.74) is 0. The van der Waals surface area contributed by atoms with Crippen molar-refractivity contribution in [2.75, 3.05) is 0 Å². The molecule has 0 amide bonds. The third kappa shape index (κ3) is 3.31. The normalized spacial score (nSPS) is 11.9. The molecule has 0 N–H and O–H groups in total. The minimum atomic E-state index is -3.67. The Hall–Kier alpha value is -0.550. The molecule has 0 bridgehead atoms. The molecule has 0 unspecified atom stereocenters. The van der Waals surface area contributed by atoms with Crippen molar-refractivity contribution in [1.82, 2.24) is 9.55 Å². The molecule has 0 saturated heterocycles. The molecule has 0 atom stereocenters. The van der Waals surface area contributed by atoms with E-state index in [2.05, 4.69) is 11.9 Å². The molecule has 0 aliphatic rings. The Bertz CT molecular complexity index is 386. The first-order valence-electron chi connectivity index (χ1n) is 4.50. The van der Waals surface area contributed by atoms with Crippen LogP contribution in [0.3, 0.4) is 0 Å². The number of unbranched alkanes of at least 4 members (excludes halogenated alkanes) is 2. The van der Waals surface area contributed by atoms with Gasteiger partial charge in [0.05, 0.1) is 6.33 Å². The first-order valence-corrected chi connectivity index (χ1v) is 6.81. The number of hydrogen-bond acceptors (Lipinski definition) is 3. The lowest BCUT2D eigenvalue weighted by molar-refractivity contribution is 0.598. The Morgan fingerprint density at radius 1 is 1.50 bits per heavy atom. The van der Waals surface area contributed by atoms with Crippen LogP contribution in [0.25, 0.3) is 0 Å². The third-order valence-electron chi connectivity index (χ3n) is 1.88. The Labute approximate surface area is 88.3 Å². The standard InChI is InChI=1S/C8H13ClN2O2S/c1-2-3-4-5-11-6-8(10-7-11)14(9,12)13/h6-7H,2-5H2,1H3. The van der Waals surface area contributed by atoms with Crippen LogP contribution < -0.4 is 0 Å². The molecule has 80 valence electrons. The van der Waals surface area contributed by atoms with Crippen molar-refractivity contribution < 1.29 is 8.42 Å². The second-order valence-electron chi connectivity index (χ2n) is 3.09. The molecule has 0 aliphatic heterocycles. The van der Waals surface area contributed by atoms with E-state index in [9.17, 15) is 8.42 Å². The van der Waals surface area contributed by atoms with Crippen LogP contribution >= 0.6 is 10.7 Å². The monoisotopic (exact) mass is 236 g/mol. The van der Waals surface area contributed by atoms with E-state index < -0.39 is 9.05 Å². The number of hydrogen-bond donors (Lipinski definition) is 0.